The number of hydrogen-bond donors (Lipinski definition) is 2. The molecule has 0 spiro atoms. The number of hydrogen-bond acceptors (Lipinski definition) is 4. The van der Waals surface area contributed by atoms with Crippen molar-refractivity contribution in [3.8, 4) is 0 Å². The molecule has 0 aromatic carbocycles. The SMILES string of the molecule is CCC(CC)NC(CCS(C)(=O)=O)C(=O)O. The maximum atomic E-state index is 11.0. The van der Waals surface area contributed by atoms with E-state index in [0.717, 1.165) is 19.1 Å². The Kier molecular flexibility index (Phi) is 6.59. The topological polar surface area (TPSA) is 83.5 Å². The van der Waals surface area contributed by atoms with Crippen LogP contribution in [0.3, 0.4) is 0 Å². The zero-order chi connectivity index (χ0) is 12.8. The van der Waals surface area contributed by atoms with E-state index in [-0.39, 0.29) is 18.2 Å². The number of carboxylic acids is 1. The van der Waals surface area contributed by atoms with Gasteiger partial charge in [-0.05, 0) is 19.3 Å². The monoisotopic (exact) mass is 251 g/mol. The molecule has 0 aromatic heterocycles. The number of carboxylic acid groups (broad SMARTS) is 1. The first-order valence-corrected chi connectivity index (χ1v) is 7.52. The van der Waals surface area contributed by atoms with Crippen LogP contribution in [0.25, 0.3) is 0 Å². The van der Waals surface area contributed by atoms with E-state index in [4.69, 9.17) is 5.11 Å². The van der Waals surface area contributed by atoms with Crippen molar-refractivity contribution in [2.75, 3.05) is 12.0 Å². The minimum Gasteiger partial charge on any atom is -0.480 e. The molecule has 16 heavy (non-hydrogen) atoms. The fraction of sp³-hybridized carbons (Fsp3) is 0.900. The van der Waals surface area contributed by atoms with Gasteiger partial charge in [-0.1, -0.05) is 13.8 Å². The fourth-order valence-electron chi connectivity index (χ4n) is 1.42. The molecule has 1 unspecified atom stereocenters. The Morgan fingerprint density at radius 3 is 2.12 bits per heavy atom. The average molecular weight is 251 g/mol. The van der Waals surface area contributed by atoms with Crippen LogP contribution in [0.1, 0.15) is 33.1 Å². The highest BCUT2D eigenvalue weighted by atomic mass is 32.2. The molecule has 0 fully saturated rings. The Hall–Kier alpha value is -0.620. The molecule has 0 aromatic rings. The van der Waals surface area contributed by atoms with Crippen LogP contribution in [0.2, 0.25) is 0 Å². The Bertz CT molecular complexity index is 309. The van der Waals surface area contributed by atoms with Crippen LogP contribution in [-0.2, 0) is 14.6 Å². The highest BCUT2D eigenvalue weighted by molar-refractivity contribution is 7.90. The molecule has 0 saturated heterocycles. The predicted octanol–water partition coefficient (Wildman–Crippen LogP) is 0.653. The molecule has 0 heterocycles. The molecule has 0 aliphatic carbocycles. The van der Waals surface area contributed by atoms with Crippen LogP contribution < -0.4 is 5.32 Å². The van der Waals surface area contributed by atoms with Crippen LogP contribution in [0, 0.1) is 0 Å². The zero-order valence-corrected chi connectivity index (χ0v) is 10.9. The molecule has 0 aliphatic rings. The quantitative estimate of drug-likeness (QED) is 0.662. The van der Waals surface area contributed by atoms with Crippen LogP contribution in [0.4, 0.5) is 0 Å². The Labute approximate surface area is 97.2 Å². The summed E-state index contributed by atoms with van der Waals surface area (Å²) in [7, 11) is -3.11. The Morgan fingerprint density at radius 2 is 1.81 bits per heavy atom. The zero-order valence-electron chi connectivity index (χ0n) is 10.1. The molecule has 0 radical (unpaired) electrons. The molecular weight excluding hydrogens is 230 g/mol. The second-order valence-electron chi connectivity index (χ2n) is 3.99. The van der Waals surface area contributed by atoms with Crippen molar-refractivity contribution < 1.29 is 18.3 Å². The lowest BCUT2D eigenvalue weighted by Crippen LogP contribution is -2.43. The van der Waals surface area contributed by atoms with Crippen molar-refractivity contribution in [3.63, 3.8) is 0 Å². The summed E-state index contributed by atoms with van der Waals surface area (Å²) in [4.78, 5) is 10.9. The van der Waals surface area contributed by atoms with Crippen molar-refractivity contribution >= 4 is 15.8 Å². The molecule has 0 aliphatic heterocycles. The molecule has 1 atom stereocenters. The van der Waals surface area contributed by atoms with Gasteiger partial charge in [-0.25, -0.2) is 8.42 Å². The third-order valence-corrected chi connectivity index (χ3v) is 3.48. The molecule has 5 nitrogen and oxygen atoms in total. The van der Waals surface area contributed by atoms with Crippen molar-refractivity contribution in [2.24, 2.45) is 0 Å². The second-order valence-corrected chi connectivity index (χ2v) is 6.25. The predicted molar refractivity (Wildman–Crippen MR) is 63.3 cm³/mol. The lowest BCUT2D eigenvalue weighted by atomic mass is 10.1. The van der Waals surface area contributed by atoms with Gasteiger partial charge in [0.25, 0.3) is 0 Å². The van der Waals surface area contributed by atoms with Gasteiger partial charge in [0, 0.05) is 12.3 Å². The number of aliphatic carboxylic acids is 1. The van der Waals surface area contributed by atoms with Gasteiger partial charge in [-0.15, -0.1) is 0 Å². The number of nitrogens with one attached hydrogen (secondary N) is 1. The molecule has 2 N–H and O–H groups in total. The van der Waals surface area contributed by atoms with E-state index in [0.29, 0.717) is 0 Å². The Morgan fingerprint density at radius 1 is 1.31 bits per heavy atom. The number of carbonyl (C=O) groups is 1. The highest BCUT2D eigenvalue weighted by Crippen LogP contribution is 2.03. The van der Waals surface area contributed by atoms with Gasteiger partial charge in [0.15, 0.2) is 0 Å². The summed E-state index contributed by atoms with van der Waals surface area (Å²) in [6, 6.07) is -0.653. The highest BCUT2D eigenvalue weighted by Gasteiger charge is 2.21. The maximum absolute atomic E-state index is 11.0. The maximum Gasteiger partial charge on any atom is 0.320 e. The largest absolute Gasteiger partial charge is 0.480 e. The van der Waals surface area contributed by atoms with Gasteiger partial charge in [-0.2, -0.15) is 0 Å². The van der Waals surface area contributed by atoms with E-state index >= 15 is 0 Å². The summed E-state index contributed by atoms with van der Waals surface area (Å²) in [6.07, 6.45) is 2.89. The fourth-order valence-corrected chi connectivity index (χ4v) is 2.08. The third-order valence-electron chi connectivity index (χ3n) is 2.50. The Balaban J connectivity index is 4.34. The van der Waals surface area contributed by atoms with E-state index in [1.165, 1.54) is 0 Å². The summed E-state index contributed by atoms with van der Waals surface area (Å²) >= 11 is 0. The molecule has 0 amide bonds. The van der Waals surface area contributed by atoms with Crippen molar-refractivity contribution in [1.82, 2.24) is 5.32 Å². The summed E-state index contributed by atoms with van der Waals surface area (Å²) in [5.74, 6) is -1.09. The molecule has 96 valence electrons. The lowest BCUT2D eigenvalue weighted by Gasteiger charge is -2.20. The summed E-state index contributed by atoms with van der Waals surface area (Å²) in [5.41, 5.74) is 0. The van der Waals surface area contributed by atoms with Crippen LogP contribution in [0.5, 0.6) is 0 Å². The van der Waals surface area contributed by atoms with Crippen molar-refractivity contribution in [1.29, 1.82) is 0 Å². The minimum atomic E-state index is -3.11. The second kappa shape index (κ2) is 6.85. The molecule has 0 rings (SSSR count). The van der Waals surface area contributed by atoms with Gasteiger partial charge < -0.3 is 10.4 Å². The molecular formula is C10H21NO4S. The summed E-state index contributed by atoms with van der Waals surface area (Å²) in [5, 5.41) is 11.9. The lowest BCUT2D eigenvalue weighted by molar-refractivity contribution is -0.139. The number of rotatable bonds is 8. The first-order chi connectivity index (χ1) is 7.30. The van der Waals surface area contributed by atoms with E-state index in [1.54, 1.807) is 0 Å². The summed E-state index contributed by atoms with van der Waals surface area (Å²) in [6.45, 7) is 3.94. The van der Waals surface area contributed by atoms with Crippen molar-refractivity contribution in [3.05, 3.63) is 0 Å². The van der Waals surface area contributed by atoms with E-state index in [2.05, 4.69) is 5.32 Å². The smallest absolute Gasteiger partial charge is 0.320 e. The molecule has 0 bridgehead atoms. The molecule has 6 heteroatoms. The van der Waals surface area contributed by atoms with Gasteiger partial charge in [0.05, 0.1) is 5.75 Å². The van der Waals surface area contributed by atoms with Gasteiger partial charge in [-0.3, -0.25) is 4.79 Å². The van der Waals surface area contributed by atoms with Gasteiger partial charge in [0.2, 0.25) is 0 Å². The average Bonchev–Trinajstić information content (AvgIpc) is 2.16. The minimum absolute atomic E-state index is 0.100. The van der Waals surface area contributed by atoms with E-state index < -0.39 is 21.8 Å². The molecule has 0 saturated carbocycles. The van der Waals surface area contributed by atoms with Crippen molar-refractivity contribution in [2.45, 2.75) is 45.2 Å². The van der Waals surface area contributed by atoms with E-state index in [1.807, 2.05) is 13.8 Å². The summed E-state index contributed by atoms with van der Waals surface area (Å²) < 4.78 is 21.9. The standard InChI is InChI=1S/C10H21NO4S/c1-4-8(5-2)11-9(10(12)13)6-7-16(3,14)15/h8-9,11H,4-7H2,1-3H3,(H,12,13). The first-order valence-electron chi connectivity index (χ1n) is 5.46. The van der Waals surface area contributed by atoms with Crippen LogP contribution in [-0.4, -0.2) is 43.6 Å². The third kappa shape index (κ3) is 6.79. The van der Waals surface area contributed by atoms with Gasteiger partial charge >= 0.3 is 5.97 Å². The normalized spacial score (nSPS) is 14.0. The van der Waals surface area contributed by atoms with E-state index in [9.17, 15) is 13.2 Å². The first kappa shape index (κ1) is 15.4. The van der Waals surface area contributed by atoms with Crippen LogP contribution in [0.15, 0.2) is 0 Å². The van der Waals surface area contributed by atoms with Crippen LogP contribution >= 0.6 is 0 Å². The van der Waals surface area contributed by atoms with Gasteiger partial charge in [0.1, 0.15) is 15.9 Å². The number of sulfone groups is 1.